The topological polar surface area (TPSA) is 115 Å². The van der Waals surface area contributed by atoms with Crippen molar-refractivity contribution in [3.63, 3.8) is 0 Å². The van der Waals surface area contributed by atoms with E-state index in [9.17, 15) is 14.9 Å². The van der Waals surface area contributed by atoms with Gasteiger partial charge in [0.05, 0.1) is 4.92 Å². The summed E-state index contributed by atoms with van der Waals surface area (Å²) in [6.07, 6.45) is 0. The third kappa shape index (κ3) is 2.65. The molecule has 1 aromatic heterocycles. The van der Waals surface area contributed by atoms with Crippen molar-refractivity contribution in [1.82, 2.24) is 9.36 Å². The Balaban J connectivity index is 2.47. The van der Waals surface area contributed by atoms with Crippen LogP contribution in [0.2, 0.25) is 0 Å². The molecule has 1 N–H and O–H groups in total. The van der Waals surface area contributed by atoms with Crippen LogP contribution in [-0.2, 0) is 0 Å². The number of benzene rings is 1. The Morgan fingerprint density at radius 2 is 2.26 bits per heavy atom. The van der Waals surface area contributed by atoms with Crippen LogP contribution in [0.5, 0.6) is 10.9 Å². The number of hydrogen-bond donors (Lipinski definition) is 1. The van der Waals surface area contributed by atoms with Gasteiger partial charge in [-0.25, -0.2) is 4.79 Å². The third-order valence-corrected chi connectivity index (χ3v) is 2.81. The lowest BCUT2D eigenvalue weighted by atomic mass is 10.1. The highest BCUT2D eigenvalue weighted by atomic mass is 32.1. The first kappa shape index (κ1) is 12.9. The monoisotopic (exact) mass is 281 g/mol. The highest BCUT2D eigenvalue weighted by Gasteiger charge is 2.25. The molecular weight excluding hydrogens is 274 g/mol. The SMILES string of the molecule is Cc1nsc(Oc2cccc([N+](=O)[O-])c2C(=O)O)n1. The summed E-state index contributed by atoms with van der Waals surface area (Å²) in [5, 5.41) is 20.0. The Morgan fingerprint density at radius 3 is 2.79 bits per heavy atom. The maximum atomic E-state index is 11.1. The van der Waals surface area contributed by atoms with E-state index in [1.54, 1.807) is 6.92 Å². The maximum Gasteiger partial charge on any atom is 0.346 e. The molecule has 1 aromatic carbocycles. The number of carboxylic acid groups (broad SMARTS) is 1. The molecule has 19 heavy (non-hydrogen) atoms. The van der Waals surface area contributed by atoms with E-state index < -0.39 is 22.1 Å². The minimum absolute atomic E-state index is 0.125. The van der Waals surface area contributed by atoms with E-state index in [0.717, 1.165) is 17.6 Å². The molecule has 0 saturated heterocycles. The van der Waals surface area contributed by atoms with Gasteiger partial charge in [-0.3, -0.25) is 10.1 Å². The largest absolute Gasteiger partial charge is 0.477 e. The number of aromatic carboxylic acids is 1. The van der Waals surface area contributed by atoms with E-state index in [0.29, 0.717) is 5.82 Å². The van der Waals surface area contributed by atoms with Crippen LogP contribution in [0.25, 0.3) is 0 Å². The molecule has 1 heterocycles. The van der Waals surface area contributed by atoms with Crippen LogP contribution in [0.4, 0.5) is 5.69 Å². The molecule has 0 fully saturated rings. The summed E-state index contributed by atoms with van der Waals surface area (Å²) in [5.41, 5.74) is -1.05. The van der Waals surface area contributed by atoms with E-state index in [-0.39, 0.29) is 10.9 Å². The average Bonchev–Trinajstić information content (AvgIpc) is 2.74. The fourth-order valence-corrected chi connectivity index (χ4v) is 1.94. The number of nitro benzene ring substituents is 1. The number of aromatic nitrogens is 2. The molecule has 0 unspecified atom stereocenters. The van der Waals surface area contributed by atoms with Gasteiger partial charge in [0.1, 0.15) is 5.82 Å². The molecule has 0 aliphatic heterocycles. The van der Waals surface area contributed by atoms with Crippen molar-refractivity contribution in [3.8, 4) is 10.9 Å². The first-order valence-corrected chi connectivity index (χ1v) is 5.75. The van der Waals surface area contributed by atoms with Gasteiger partial charge in [0.2, 0.25) is 0 Å². The number of nitrogens with zero attached hydrogens (tertiary/aromatic N) is 3. The molecule has 0 amide bonds. The number of ether oxygens (including phenoxy) is 1. The van der Waals surface area contributed by atoms with Gasteiger partial charge < -0.3 is 9.84 Å². The van der Waals surface area contributed by atoms with Crippen LogP contribution < -0.4 is 4.74 Å². The standard InChI is InChI=1S/C10H7N3O5S/c1-5-11-10(19-12-5)18-7-4-2-3-6(13(16)17)8(7)9(14)15/h2-4H,1H3,(H,14,15). The summed E-state index contributed by atoms with van der Waals surface area (Å²) in [7, 11) is 0. The normalized spacial score (nSPS) is 10.2. The minimum atomic E-state index is -1.44. The van der Waals surface area contributed by atoms with Gasteiger partial charge in [-0.1, -0.05) is 6.07 Å². The fourth-order valence-electron chi connectivity index (χ4n) is 1.39. The van der Waals surface area contributed by atoms with Crippen molar-refractivity contribution in [2.75, 3.05) is 0 Å². The predicted octanol–water partition coefficient (Wildman–Crippen LogP) is 2.25. The van der Waals surface area contributed by atoms with Crippen molar-refractivity contribution in [3.05, 3.63) is 39.7 Å². The number of carboxylic acids is 1. The van der Waals surface area contributed by atoms with Gasteiger partial charge in [0.25, 0.3) is 10.9 Å². The summed E-state index contributed by atoms with van der Waals surface area (Å²) in [4.78, 5) is 25.0. The van der Waals surface area contributed by atoms with Gasteiger partial charge in [-0.15, -0.1) is 0 Å². The van der Waals surface area contributed by atoms with E-state index in [4.69, 9.17) is 9.84 Å². The number of nitro groups is 1. The minimum Gasteiger partial charge on any atom is -0.477 e. The highest BCUT2D eigenvalue weighted by molar-refractivity contribution is 7.07. The molecular formula is C10H7N3O5S. The van der Waals surface area contributed by atoms with Crippen molar-refractivity contribution in [2.45, 2.75) is 6.92 Å². The average molecular weight is 281 g/mol. The molecule has 0 bridgehead atoms. The lowest BCUT2D eigenvalue weighted by molar-refractivity contribution is -0.385. The Kier molecular flexibility index (Phi) is 3.38. The lowest BCUT2D eigenvalue weighted by Crippen LogP contribution is -2.05. The summed E-state index contributed by atoms with van der Waals surface area (Å²) in [6, 6.07) is 3.77. The maximum absolute atomic E-state index is 11.1. The Labute approximate surface area is 110 Å². The Hall–Kier alpha value is -2.55. The predicted molar refractivity (Wildman–Crippen MR) is 64.8 cm³/mol. The zero-order valence-corrected chi connectivity index (χ0v) is 10.4. The Morgan fingerprint density at radius 1 is 1.53 bits per heavy atom. The molecule has 8 nitrogen and oxygen atoms in total. The van der Waals surface area contributed by atoms with Crippen LogP contribution in [0.15, 0.2) is 18.2 Å². The molecule has 0 atom stereocenters. The molecule has 0 aliphatic rings. The number of rotatable bonds is 4. The zero-order valence-electron chi connectivity index (χ0n) is 9.56. The molecule has 98 valence electrons. The second kappa shape index (κ2) is 4.98. The quantitative estimate of drug-likeness (QED) is 0.674. The first-order valence-electron chi connectivity index (χ1n) is 4.98. The van der Waals surface area contributed by atoms with Crippen LogP contribution >= 0.6 is 11.5 Å². The summed E-state index contributed by atoms with van der Waals surface area (Å²) >= 11 is 0.933. The number of carbonyl (C=O) groups is 1. The van der Waals surface area contributed by atoms with Crippen LogP contribution in [0.1, 0.15) is 16.2 Å². The van der Waals surface area contributed by atoms with Gasteiger partial charge in [0, 0.05) is 17.6 Å². The van der Waals surface area contributed by atoms with E-state index in [1.807, 2.05) is 0 Å². The second-order valence-corrected chi connectivity index (χ2v) is 4.14. The van der Waals surface area contributed by atoms with E-state index in [1.165, 1.54) is 12.1 Å². The van der Waals surface area contributed by atoms with Gasteiger partial charge in [0.15, 0.2) is 11.3 Å². The molecule has 0 aliphatic carbocycles. The van der Waals surface area contributed by atoms with Crippen LogP contribution in [0.3, 0.4) is 0 Å². The Bertz CT molecular complexity index is 654. The zero-order chi connectivity index (χ0) is 14.0. The summed E-state index contributed by atoms with van der Waals surface area (Å²) < 4.78 is 9.11. The van der Waals surface area contributed by atoms with Crippen molar-refractivity contribution >= 4 is 23.2 Å². The first-order chi connectivity index (χ1) is 8.99. The van der Waals surface area contributed by atoms with Crippen LogP contribution in [0, 0.1) is 17.0 Å². The van der Waals surface area contributed by atoms with Crippen molar-refractivity contribution in [2.24, 2.45) is 0 Å². The second-order valence-electron chi connectivity index (χ2n) is 3.42. The van der Waals surface area contributed by atoms with Gasteiger partial charge in [-0.05, 0) is 13.0 Å². The van der Waals surface area contributed by atoms with Crippen molar-refractivity contribution < 1.29 is 19.6 Å². The fraction of sp³-hybridized carbons (Fsp3) is 0.100. The molecule has 0 spiro atoms. The number of hydrogen-bond acceptors (Lipinski definition) is 7. The van der Waals surface area contributed by atoms with E-state index in [2.05, 4.69) is 9.36 Å². The smallest absolute Gasteiger partial charge is 0.346 e. The highest BCUT2D eigenvalue weighted by Crippen LogP contribution is 2.32. The molecule has 0 saturated carbocycles. The van der Waals surface area contributed by atoms with E-state index >= 15 is 0 Å². The summed E-state index contributed by atoms with van der Waals surface area (Å²) in [5.74, 6) is -1.11. The number of aryl methyl sites for hydroxylation is 1. The van der Waals surface area contributed by atoms with Crippen LogP contribution in [-0.4, -0.2) is 25.4 Å². The van der Waals surface area contributed by atoms with Gasteiger partial charge in [-0.2, -0.15) is 9.36 Å². The molecule has 2 aromatic rings. The molecule has 9 heteroatoms. The van der Waals surface area contributed by atoms with Gasteiger partial charge >= 0.3 is 5.97 Å². The molecule has 0 radical (unpaired) electrons. The van der Waals surface area contributed by atoms with Crippen molar-refractivity contribution in [1.29, 1.82) is 0 Å². The summed E-state index contributed by atoms with van der Waals surface area (Å²) in [6.45, 7) is 1.65. The third-order valence-electron chi connectivity index (χ3n) is 2.12. The molecule has 2 rings (SSSR count). The lowest BCUT2D eigenvalue weighted by Gasteiger charge is -2.05.